The van der Waals surface area contributed by atoms with Gasteiger partial charge in [0.25, 0.3) is 5.91 Å². The van der Waals surface area contributed by atoms with Gasteiger partial charge in [-0.05, 0) is 31.9 Å². The van der Waals surface area contributed by atoms with E-state index in [1.54, 1.807) is 12.1 Å². The maximum absolute atomic E-state index is 12.8. The SMILES string of the molecule is CCOc1cc(N)c(Cl)cc1C(=O)NC[C@@H]1CN2C[C@H](OCc3cccc(C)c3)C[C@H]2CO1. The molecule has 2 aromatic carbocycles. The minimum absolute atomic E-state index is 0.0829. The van der Waals surface area contributed by atoms with Crippen LogP contribution in [-0.2, 0) is 16.1 Å². The van der Waals surface area contributed by atoms with Gasteiger partial charge in [0, 0.05) is 31.7 Å². The molecule has 2 fully saturated rings. The van der Waals surface area contributed by atoms with Crippen molar-refractivity contribution < 1.29 is 19.0 Å². The number of fused-ring (bicyclic) bond motifs is 1. The molecule has 33 heavy (non-hydrogen) atoms. The number of carbonyl (C=O) groups excluding carboxylic acids is 1. The van der Waals surface area contributed by atoms with E-state index in [1.807, 2.05) is 6.92 Å². The first kappa shape index (κ1) is 23.8. The highest BCUT2D eigenvalue weighted by molar-refractivity contribution is 6.33. The van der Waals surface area contributed by atoms with E-state index in [0.717, 1.165) is 19.5 Å². The number of anilines is 1. The molecule has 2 aliphatic heterocycles. The fourth-order valence-corrected chi connectivity index (χ4v) is 4.64. The largest absolute Gasteiger partial charge is 0.493 e. The predicted molar refractivity (Wildman–Crippen MR) is 129 cm³/mol. The Morgan fingerprint density at radius 2 is 2.15 bits per heavy atom. The van der Waals surface area contributed by atoms with Gasteiger partial charge in [0.05, 0.1) is 48.3 Å². The second-order valence-corrected chi connectivity index (χ2v) is 9.14. The fourth-order valence-electron chi connectivity index (χ4n) is 4.48. The number of hydrogen-bond donors (Lipinski definition) is 2. The Morgan fingerprint density at radius 3 is 2.94 bits per heavy atom. The molecule has 0 aromatic heterocycles. The third kappa shape index (κ3) is 5.98. The first-order valence-corrected chi connectivity index (χ1v) is 11.8. The molecule has 2 aliphatic rings. The van der Waals surface area contributed by atoms with Gasteiger partial charge in [0.15, 0.2) is 0 Å². The van der Waals surface area contributed by atoms with Gasteiger partial charge >= 0.3 is 0 Å². The number of halogens is 1. The number of rotatable bonds is 8. The number of benzene rings is 2. The average molecular weight is 474 g/mol. The number of nitrogen functional groups attached to an aromatic ring is 1. The van der Waals surface area contributed by atoms with Crippen molar-refractivity contribution in [3.05, 3.63) is 58.1 Å². The third-order valence-electron chi connectivity index (χ3n) is 6.15. The van der Waals surface area contributed by atoms with E-state index in [1.165, 1.54) is 11.1 Å². The van der Waals surface area contributed by atoms with Gasteiger partial charge in [-0.2, -0.15) is 0 Å². The second-order valence-electron chi connectivity index (χ2n) is 8.73. The van der Waals surface area contributed by atoms with E-state index in [0.29, 0.717) is 54.4 Å². The van der Waals surface area contributed by atoms with Crippen molar-refractivity contribution in [1.29, 1.82) is 0 Å². The van der Waals surface area contributed by atoms with Crippen LogP contribution < -0.4 is 15.8 Å². The fraction of sp³-hybridized carbons (Fsp3) is 0.480. The second kappa shape index (κ2) is 10.7. The molecule has 0 unspecified atom stereocenters. The zero-order valence-electron chi connectivity index (χ0n) is 19.2. The number of nitrogens with zero attached hydrogens (tertiary/aromatic N) is 1. The lowest BCUT2D eigenvalue weighted by Gasteiger charge is -2.35. The Bertz CT molecular complexity index is 986. The molecular weight excluding hydrogens is 442 g/mol. The van der Waals surface area contributed by atoms with Crippen LogP contribution in [0.3, 0.4) is 0 Å². The molecule has 0 aliphatic carbocycles. The zero-order chi connectivity index (χ0) is 23.4. The Labute approximate surface area is 200 Å². The summed E-state index contributed by atoms with van der Waals surface area (Å²) in [5, 5.41) is 3.28. The summed E-state index contributed by atoms with van der Waals surface area (Å²) in [6.45, 7) is 7.69. The maximum atomic E-state index is 12.8. The van der Waals surface area contributed by atoms with Crippen LogP contribution in [0.1, 0.15) is 34.8 Å². The van der Waals surface area contributed by atoms with Crippen LogP contribution in [-0.4, -0.2) is 61.9 Å². The molecule has 0 spiro atoms. The molecule has 178 valence electrons. The van der Waals surface area contributed by atoms with Crippen LogP contribution in [0, 0.1) is 6.92 Å². The van der Waals surface area contributed by atoms with Crippen LogP contribution in [0.5, 0.6) is 5.75 Å². The van der Waals surface area contributed by atoms with Crippen molar-refractivity contribution >= 4 is 23.2 Å². The van der Waals surface area contributed by atoms with Crippen molar-refractivity contribution in [2.24, 2.45) is 0 Å². The Hall–Kier alpha value is -2.32. The third-order valence-corrected chi connectivity index (χ3v) is 6.48. The van der Waals surface area contributed by atoms with E-state index >= 15 is 0 Å². The van der Waals surface area contributed by atoms with Gasteiger partial charge in [0.1, 0.15) is 5.75 Å². The molecule has 3 N–H and O–H groups in total. The van der Waals surface area contributed by atoms with Crippen LogP contribution in [0.2, 0.25) is 5.02 Å². The molecule has 1 amide bonds. The standard InChI is InChI=1S/C25H32ClN3O4/c1-3-31-24-10-23(27)22(26)9-21(24)25(30)28-11-20-13-29-12-19(8-18(29)15-33-20)32-14-17-6-4-5-16(2)7-17/h4-7,9-10,18-20H,3,8,11-15,27H2,1-2H3,(H,28,30)/t18-,19+,20+/m0/s1. The van der Waals surface area contributed by atoms with Crippen LogP contribution in [0.25, 0.3) is 0 Å². The molecule has 0 saturated carbocycles. The predicted octanol–water partition coefficient (Wildman–Crippen LogP) is 3.42. The zero-order valence-corrected chi connectivity index (χ0v) is 19.9. The number of nitrogens with one attached hydrogen (secondary N) is 1. The summed E-state index contributed by atoms with van der Waals surface area (Å²) < 4.78 is 17.8. The number of morpholine rings is 1. The summed E-state index contributed by atoms with van der Waals surface area (Å²) in [6, 6.07) is 11.9. The lowest BCUT2D eigenvalue weighted by molar-refractivity contribution is -0.0466. The summed E-state index contributed by atoms with van der Waals surface area (Å²) >= 11 is 6.12. The van der Waals surface area contributed by atoms with Gasteiger partial charge in [-0.1, -0.05) is 41.4 Å². The molecule has 2 saturated heterocycles. The summed E-state index contributed by atoms with van der Waals surface area (Å²) in [5.41, 5.74) is 9.05. The number of aryl methyl sites for hydroxylation is 1. The highest BCUT2D eigenvalue weighted by Crippen LogP contribution is 2.29. The van der Waals surface area contributed by atoms with Crippen LogP contribution in [0.4, 0.5) is 5.69 Å². The molecule has 0 bridgehead atoms. The van der Waals surface area contributed by atoms with Crippen molar-refractivity contribution in [3.63, 3.8) is 0 Å². The topological polar surface area (TPSA) is 86.0 Å². The Kier molecular flexibility index (Phi) is 7.75. The molecule has 0 radical (unpaired) electrons. The molecular formula is C25H32ClN3O4. The van der Waals surface area contributed by atoms with Gasteiger partial charge in [-0.3, -0.25) is 9.69 Å². The molecule has 4 rings (SSSR count). The summed E-state index contributed by atoms with van der Waals surface area (Å²) in [7, 11) is 0. The Balaban J connectivity index is 1.27. The van der Waals surface area contributed by atoms with Crippen molar-refractivity contribution in [1.82, 2.24) is 10.2 Å². The molecule has 3 atom stereocenters. The van der Waals surface area contributed by atoms with E-state index in [9.17, 15) is 4.79 Å². The maximum Gasteiger partial charge on any atom is 0.255 e. The highest BCUT2D eigenvalue weighted by Gasteiger charge is 2.38. The average Bonchev–Trinajstić information content (AvgIpc) is 3.21. The van der Waals surface area contributed by atoms with Crippen molar-refractivity contribution in [3.8, 4) is 5.75 Å². The van der Waals surface area contributed by atoms with Gasteiger partial charge in [-0.25, -0.2) is 0 Å². The van der Waals surface area contributed by atoms with E-state index < -0.39 is 0 Å². The number of nitrogens with two attached hydrogens (primary N) is 1. The summed E-state index contributed by atoms with van der Waals surface area (Å²) in [6.07, 6.45) is 1.07. The Morgan fingerprint density at radius 1 is 1.30 bits per heavy atom. The molecule has 2 aromatic rings. The summed E-state index contributed by atoms with van der Waals surface area (Å²) in [4.78, 5) is 15.2. The number of ether oxygens (including phenoxy) is 3. The normalized spacial score (nSPS) is 22.7. The van der Waals surface area contributed by atoms with Gasteiger partial charge in [-0.15, -0.1) is 0 Å². The number of hydrogen-bond acceptors (Lipinski definition) is 6. The van der Waals surface area contributed by atoms with E-state index in [4.69, 9.17) is 31.5 Å². The van der Waals surface area contributed by atoms with Crippen LogP contribution in [0.15, 0.2) is 36.4 Å². The molecule has 7 nitrogen and oxygen atoms in total. The minimum Gasteiger partial charge on any atom is -0.493 e. The quantitative estimate of drug-likeness (QED) is 0.571. The van der Waals surface area contributed by atoms with Crippen molar-refractivity contribution in [2.45, 2.75) is 45.1 Å². The van der Waals surface area contributed by atoms with Crippen LogP contribution >= 0.6 is 11.6 Å². The first-order chi connectivity index (χ1) is 15.9. The van der Waals surface area contributed by atoms with Gasteiger partial charge < -0.3 is 25.3 Å². The monoisotopic (exact) mass is 473 g/mol. The summed E-state index contributed by atoms with van der Waals surface area (Å²) in [5.74, 6) is 0.168. The lowest BCUT2D eigenvalue weighted by Crippen LogP contribution is -2.50. The smallest absolute Gasteiger partial charge is 0.255 e. The molecule has 8 heteroatoms. The van der Waals surface area contributed by atoms with Crippen molar-refractivity contribution in [2.75, 3.05) is 38.6 Å². The van der Waals surface area contributed by atoms with Gasteiger partial charge in [0.2, 0.25) is 0 Å². The first-order valence-electron chi connectivity index (χ1n) is 11.5. The van der Waals surface area contributed by atoms with E-state index in [-0.39, 0.29) is 18.1 Å². The lowest BCUT2D eigenvalue weighted by atomic mass is 10.1. The number of amides is 1. The van der Waals surface area contributed by atoms with E-state index in [2.05, 4.69) is 41.4 Å². The highest BCUT2D eigenvalue weighted by atomic mass is 35.5. The number of carbonyl (C=O) groups is 1. The molecule has 2 heterocycles. The minimum atomic E-state index is -0.258.